The fourth-order valence-corrected chi connectivity index (χ4v) is 2.22. The van der Waals surface area contributed by atoms with E-state index in [1.54, 1.807) is 6.92 Å². The van der Waals surface area contributed by atoms with Gasteiger partial charge in [-0.1, -0.05) is 42.5 Å². The SMILES string of the molecule is Cc1cc([C@H](CC(=O)O)NC(=O)OCc2ccccc2)ccc1F. The molecule has 0 heterocycles. The number of rotatable bonds is 6. The van der Waals surface area contributed by atoms with Crippen molar-refractivity contribution in [2.24, 2.45) is 0 Å². The molecule has 1 amide bonds. The Kier molecular flexibility index (Phi) is 5.89. The summed E-state index contributed by atoms with van der Waals surface area (Å²) in [7, 11) is 0. The predicted molar refractivity (Wildman–Crippen MR) is 85.9 cm³/mol. The van der Waals surface area contributed by atoms with Gasteiger partial charge in [0.05, 0.1) is 12.5 Å². The van der Waals surface area contributed by atoms with Crippen LogP contribution >= 0.6 is 0 Å². The summed E-state index contributed by atoms with van der Waals surface area (Å²) in [5.74, 6) is -1.47. The van der Waals surface area contributed by atoms with Crippen molar-refractivity contribution in [2.75, 3.05) is 0 Å². The number of ether oxygens (including phenoxy) is 1. The number of halogens is 1. The lowest BCUT2D eigenvalue weighted by atomic mass is 10.0. The molecule has 0 aromatic heterocycles. The topological polar surface area (TPSA) is 75.6 Å². The molecule has 2 rings (SSSR count). The van der Waals surface area contributed by atoms with Crippen LogP contribution in [0.5, 0.6) is 0 Å². The average molecular weight is 331 g/mol. The van der Waals surface area contributed by atoms with Gasteiger partial charge in [-0.2, -0.15) is 0 Å². The number of carbonyl (C=O) groups excluding carboxylic acids is 1. The van der Waals surface area contributed by atoms with Crippen molar-refractivity contribution in [1.82, 2.24) is 5.32 Å². The molecular formula is C18H18FNO4. The lowest BCUT2D eigenvalue weighted by Gasteiger charge is -2.18. The molecule has 0 aliphatic rings. The summed E-state index contributed by atoms with van der Waals surface area (Å²) in [6.45, 7) is 1.65. The second kappa shape index (κ2) is 8.10. The van der Waals surface area contributed by atoms with Crippen LogP contribution in [0.25, 0.3) is 0 Å². The third kappa shape index (κ3) is 5.08. The van der Waals surface area contributed by atoms with E-state index >= 15 is 0 Å². The van der Waals surface area contributed by atoms with E-state index in [-0.39, 0.29) is 18.8 Å². The average Bonchev–Trinajstić information content (AvgIpc) is 2.55. The van der Waals surface area contributed by atoms with E-state index < -0.39 is 18.1 Å². The minimum atomic E-state index is -1.08. The molecule has 0 aliphatic carbocycles. The zero-order chi connectivity index (χ0) is 17.5. The molecule has 0 spiro atoms. The van der Waals surface area contributed by atoms with Crippen LogP contribution in [0.3, 0.4) is 0 Å². The molecule has 0 radical (unpaired) electrons. The molecule has 0 fully saturated rings. The number of hydrogen-bond acceptors (Lipinski definition) is 3. The standard InChI is InChI=1S/C18H18FNO4/c1-12-9-14(7-8-15(12)19)16(10-17(21)22)20-18(23)24-11-13-5-3-2-4-6-13/h2-9,16H,10-11H2,1H3,(H,20,23)(H,21,22)/t16-/m0/s1. The van der Waals surface area contributed by atoms with Crippen molar-refractivity contribution in [3.05, 3.63) is 71.0 Å². The van der Waals surface area contributed by atoms with E-state index in [1.165, 1.54) is 18.2 Å². The van der Waals surface area contributed by atoms with Crippen molar-refractivity contribution in [2.45, 2.75) is 26.0 Å². The van der Waals surface area contributed by atoms with E-state index in [0.29, 0.717) is 11.1 Å². The van der Waals surface area contributed by atoms with Gasteiger partial charge in [-0.3, -0.25) is 4.79 Å². The van der Waals surface area contributed by atoms with Crippen molar-refractivity contribution in [3.8, 4) is 0 Å². The minimum absolute atomic E-state index is 0.0783. The van der Waals surface area contributed by atoms with Crippen molar-refractivity contribution in [1.29, 1.82) is 0 Å². The molecule has 126 valence electrons. The summed E-state index contributed by atoms with van der Waals surface area (Å²) in [5, 5.41) is 11.5. The number of carboxylic acid groups (broad SMARTS) is 1. The maximum Gasteiger partial charge on any atom is 0.407 e. The molecule has 24 heavy (non-hydrogen) atoms. The third-order valence-electron chi connectivity index (χ3n) is 3.47. The van der Waals surface area contributed by atoms with Crippen LogP contribution in [0.2, 0.25) is 0 Å². The highest BCUT2D eigenvalue weighted by Crippen LogP contribution is 2.20. The fourth-order valence-electron chi connectivity index (χ4n) is 2.22. The van der Waals surface area contributed by atoms with E-state index in [0.717, 1.165) is 5.56 Å². The summed E-state index contributed by atoms with van der Waals surface area (Å²) in [6, 6.07) is 12.5. The molecule has 5 nitrogen and oxygen atoms in total. The predicted octanol–water partition coefficient (Wildman–Crippen LogP) is 3.58. The summed E-state index contributed by atoms with van der Waals surface area (Å²) in [5.41, 5.74) is 1.70. The Labute approximate surface area is 139 Å². The minimum Gasteiger partial charge on any atom is -0.481 e. The van der Waals surface area contributed by atoms with Crippen LogP contribution in [-0.2, 0) is 16.1 Å². The monoisotopic (exact) mass is 331 g/mol. The highest BCUT2D eigenvalue weighted by molar-refractivity contribution is 5.72. The number of benzene rings is 2. The molecule has 0 saturated heterocycles. The Morgan fingerprint density at radius 1 is 1.21 bits per heavy atom. The molecule has 0 bridgehead atoms. The number of hydrogen-bond donors (Lipinski definition) is 2. The van der Waals surface area contributed by atoms with Crippen LogP contribution in [0, 0.1) is 12.7 Å². The van der Waals surface area contributed by atoms with Crippen LogP contribution in [0.15, 0.2) is 48.5 Å². The highest BCUT2D eigenvalue weighted by Gasteiger charge is 2.19. The lowest BCUT2D eigenvalue weighted by molar-refractivity contribution is -0.137. The smallest absolute Gasteiger partial charge is 0.407 e. The van der Waals surface area contributed by atoms with Crippen LogP contribution in [-0.4, -0.2) is 17.2 Å². The van der Waals surface area contributed by atoms with Gasteiger partial charge >= 0.3 is 12.1 Å². The maximum absolute atomic E-state index is 13.4. The molecule has 1 atom stereocenters. The van der Waals surface area contributed by atoms with E-state index in [1.807, 2.05) is 30.3 Å². The summed E-state index contributed by atoms with van der Waals surface area (Å²) in [4.78, 5) is 23.0. The van der Waals surface area contributed by atoms with Crippen molar-refractivity contribution in [3.63, 3.8) is 0 Å². The second-order valence-electron chi connectivity index (χ2n) is 5.37. The largest absolute Gasteiger partial charge is 0.481 e. The molecule has 2 N–H and O–H groups in total. The van der Waals surface area contributed by atoms with Gasteiger partial charge in [0, 0.05) is 0 Å². The first-order valence-corrected chi connectivity index (χ1v) is 7.41. The third-order valence-corrected chi connectivity index (χ3v) is 3.47. The van der Waals surface area contributed by atoms with Gasteiger partial charge in [-0.15, -0.1) is 0 Å². The van der Waals surface area contributed by atoms with Gasteiger partial charge in [0.1, 0.15) is 12.4 Å². The Hall–Kier alpha value is -2.89. The molecular weight excluding hydrogens is 313 g/mol. The van der Waals surface area contributed by atoms with Gasteiger partial charge in [-0.25, -0.2) is 9.18 Å². The molecule has 2 aromatic carbocycles. The van der Waals surface area contributed by atoms with E-state index in [2.05, 4.69) is 5.32 Å². The molecule has 0 aliphatic heterocycles. The van der Waals surface area contributed by atoms with Gasteiger partial charge in [0.15, 0.2) is 0 Å². The van der Waals surface area contributed by atoms with Gasteiger partial charge < -0.3 is 15.2 Å². The summed E-state index contributed by atoms with van der Waals surface area (Å²) >= 11 is 0. The number of amides is 1. The molecule has 0 unspecified atom stereocenters. The van der Waals surface area contributed by atoms with Gasteiger partial charge in [0.2, 0.25) is 0 Å². The maximum atomic E-state index is 13.4. The van der Waals surface area contributed by atoms with Crippen LogP contribution in [0.1, 0.15) is 29.2 Å². The van der Waals surface area contributed by atoms with Crippen LogP contribution < -0.4 is 5.32 Å². The molecule has 0 saturated carbocycles. The number of alkyl carbamates (subject to hydrolysis) is 1. The number of aliphatic carboxylic acids is 1. The van der Waals surface area contributed by atoms with Gasteiger partial charge in [-0.05, 0) is 29.7 Å². The first-order chi connectivity index (χ1) is 11.5. The zero-order valence-corrected chi connectivity index (χ0v) is 13.2. The number of carboxylic acids is 1. The summed E-state index contributed by atoms with van der Waals surface area (Å²) in [6.07, 6.45) is -1.06. The van der Waals surface area contributed by atoms with E-state index in [9.17, 15) is 14.0 Å². The number of carbonyl (C=O) groups is 2. The Morgan fingerprint density at radius 3 is 2.54 bits per heavy atom. The highest BCUT2D eigenvalue weighted by atomic mass is 19.1. The quantitative estimate of drug-likeness (QED) is 0.848. The zero-order valence-electron chi connectivity index (χ0n) is 13.2. The van der Waals surface area contributed by atoms with Crippen molar-refractivity contribution < 1.29 is 23.8 Å². The fraction of sp³-hybridized carbons (Fsp3) is 0.222. The van der Waals surface area contributed by atoms with Crippen LogP contribution in [0.4, 0.5) is 9.18 Å². The second-order valence-corrected chi connectivity index (χ2v) is 5.37. The first-order valence-electron chi connectivity index (χ1n) is 7.41. The Bertz CT molecular complexity index is 718. The summed E-state index contributed by atoms with van der Waals surface area (Å²) < 4.78 is 18.5. The molecule has 6 heteroatoms. The number of nitrogens with one attached hydrogen (secondary N) is 1. The molecule has 2 aromatic rings. The Balaban J connectivity index is 2.03. The number of aryl methyl sites for hydroxylation is 1. The lowest BCUT2D eigenvalue weighted by Crippen LogP contribution is -2.30. The van der Waals surface area contributed by atoms with Crippen molar-refractivity contribution >= 4 is 12.1 Å². The normalized spacial score (nSPS) is 11.6. The van der Waals surface area contributed by atoms with Gasteiger partial charge in [0.25, 0.3) is 0 Å². The Morgan fingerprint density at radius 2 is 1.92 bits per heavy atom. The van der Waals surface area contributed by atoms with E-state index in [4.69, 9.17) is 9.84 Å². The first kappa shape index (κ1) is 17.5.